The fourth-order valence-corrected chi connectivity index (χ4v) is 1.94. The van der Waals surface area contributed by atoms with Gasteiger partial charge in [0.15, 0.2) is 5.65 Å². The van der Waals surface area contributed by atoms with Crippen LogP contribution < -0.4 is 11.2 Å². The normalized spacial score (nSPS) is 11.1. The number of rotatable bonds is 1. The van der Waals surface area contributed by atoms with Gasteiger partial charge in [-0.1, -0.05) is 18.2 Å². The van der Waals surface area contributed by atoms with Gasteiger partial charge in [-0.3, -0.25) is 13.9 Å². The molecule has 2 heterocycles. The van der Waals surface area contributed by atoms with Gasteiger partial charge in [-0.15, -0.1) is 0 Å². The van der Waals surface area contributed by atoms with Crippen LogP contribution in [0.2, 0.25) is 0 Å². The number of hydrogen-bond donors (Lipinski definition) is 0. The Morgan fingerprint density at radius 1 is 1.05 bits per heavy atom. The molecule has 96 valence electrons. The summed E-state index contributed by atoms with van der Waals surface area (Å²) in [6.45, 7) is 0. The molecule has 0 fully saturated rings. The predicted octanol–water partition coefficient (Wildman–Crippen LogP) is 0.892. The molecular formula is C13H11N3O3. The van der Waals surface area contributed by atoms with Crippen LogP contribution in [0.4, 0.5) is 0 Å². The van der Waals surface area contributed by atoms with Crippen molar-refractivity contribution >= 4 is 11.2 Å². The van der Waals surface area contributed by atoms with Crippen molar-refractivity contribution in [1.82, 2.24) is 14.1 Å². The van der Waals surface area contributed by atoms with Gasteiger partial charge in [0.2, 0.25) is 11.5 Å². The first-order chi connectivity index (χ1) is 9.09. The van der Waals surface area contributed by atoms with Crippen LogP contribution in [-0.2, 0) is 14.1 Å². The monoisotopic (exact) mass is 257 g/mol. The van der Waals surface area contributed by atoms with Crippen molar-refractivity contribution in [3.8, 4) is 11.5 Å². The number of fused-ring (bicyclic) bond motifs is 1. The molecule has 0 spiro atoms. The summed E-state index contributed by atoms with van der Waals surface area (Å²) in [5, 5.41) is 0. The fourth-order valence-electron chi connectivity index (χ4n) is 1.94. The molecule has 0 atom stereocenters. The van der Waals surface area contributed by atoms with Gasteiger partial charge in [-0.2, -0.15) is 4.98 Å². The molecule has 0 N–H and O–H groups in total. The Kier molecular flexibility index (Phi) is 2.38. The van der Waals surface area contributed by atoms with E-state index < -0.39 is 11.2 Å². The topological polar surface area (TPSA) is 70.0 Å². The molecule has 0 saturated carbocycles. The van der Waals surface area contributed by atoms with Gasteiger partial charge in [-0.05, 0) is 12.1 Å². The summed E-state index contributed by atoms with van der Waals surface area (Å²) < 4.78 is 7.80. The van der Waals surface area contributed by atoms with Crippen LogP contribution in [0.3, 0.4) is 0 Å². The molecule has 0 aliphatic rings. The van der Waals surface area contributed by atoms with Gasteiger partial charge >= 0.3 is 11.2 Å². The summed E-state index contributed by atoms with van der Waals surface area (Å²) in [6, 6.07) is 9.23. The third kappa shape index (κ3) is 1.61. The van der Waals surface area contributed by atoms with Crippen LogP contribution in [0, 0.1) is 0 Å². The van der Waals surface area contributed by atoms with Crippen molar-refractivity contribution in [3.05, 3.63) is 51.2 Å². The van der Waals surface area contributed by atoms with E-state index in [0.29, 0.717) is 5.89 Å². The zero-order valence-corrected chi connectivity index (χ0v) is 10.5. The van der Waals surface area contributed by atoms with E-state index in [-0.39, 0.29) is 11.2 Å². The lowest BCUT2D eigenvalue weighted by molar-refractivity contribution is 0.602. The third-order valence-corrected chi connectivity index (χ3v) is 3.02. The lowest BCUT2D eigenvalue weighted by Crippen LogP contribution is -2.36. The quantitative estimate of drug-likeness (QED) is 0.649. The molecule has 3 rings (SSSR count). The molecule has 0 radical (unpaired) electrons. The summed E-state index contributed by atoms with van der Waals surface area (Å²) in [4.78, 5) is 28.0. The number of oxazole rings is 1. The van der Waals surface area contributed by atoms with Gasteiger partial charge < -0.3 is 4.42 Å². The number of aromatic nitrogens is 3. The zero-order valence-electron chi connectivity index (χ0n) is 10.5. The number of nitrogens with zero attached hydrogens (tertiary/aromatic N) is 3. The molecular weight excluding hydrogens is 246 g/mol. The average Bonchev–Trinajstić information content (AvgIpc) is 2.89. The molecule has 0 unspecified atom stereocenters. The molecule has 0 aliphatic heterocycles. The average molecular weight is 257 g/mol. The second-order valence-corrected chi connectivity index (χ2v) is 4.24. The summed E-state index contributed by atoms with van der Waals surface area (Å²) in [6.07, 6.45) is 0. The smallest absolute Gasteiger partial charge is 0.332 e. The minimum atomic E-state index is -0.479. The van der Waals surface area contributed by atoms with Crippen LogP contribution in [-0.4, -0.2) is 14.1 Å². The van der Waals surface area contributed by atoms with Crippen molar-refractivity contribution < 1.29 is 4.42 Å². The molecule has 6 heteroatoms. The molecule has 0 amide bonds. The lowest BCUT2D eigenvalue weighted by Gasteiger charge is -1.99. The molecule has 2 aromatic heterocycles. The summed E-state index contributed by atoms with van der Waals surface area (Å²) in [5.41, 5.74) is 0.196. The molecule has 0 aliphatic carbocycles. The second-order valence-electron chi connectivity index (χ2n) is 4.24. The first kappa shape index (κ1) is 11.5. The van der Waals surface area contributed by atoms with Gasteiger partial charge in [0, 0.05) is 19.7 Å². The molecule has 0 bridgehead atoms. The van der Waals surface area contributed by atoms with Crippen molar-refractivity contribution in [3.63, 3.8) is 0 Å². The Morgan fingerprint density at radius 2 is 1.74 bits per heavy atom. The number of hydrogen-bond acceptors (Lipinski definition) is 4. The van der Waals surface area contributed by atoms with E-state index in [1.165, 1.54) is 11.6 Å². The molecule has 3 aromatic rings. The highest BCUT2D eigenvalue weighted by molar-refractivity contribution is 5.71. The Balaban J connectivity index is 2.40. The van der Waals surface area contributed by atoms with Crippen molar-refractivity contribution in [2.75, 3.05) is 0 Å². The maximum atomic E-state index is 12.0. The number of aryl methyl sites for hydroxylation is 1. The summed E-state index contributed by atoms with van der Waals surface area (Å²) in [5.74, 6) is 0.328. The maximum absolute atomic E-state index is 12.0. The van der Waals surface area contributed by atoms with Crippen LogP contribution in [0.1, 0.15) is 0 Å². The zero-order chi connectivity index (χ0) is 13.6. The SMILES string of the molecule is Cn1c(=O)c2oc(-c3ccccc3)nc2n(C)c1=O. The Hall–Kier alpha value is -2.63. The Labute approximate surface area is 107 Å². The first-order valence-electron chi connectivity index (χ1n) is 5.71. The minimum Gasteiger partial charge on any atom is -0.429 e. The Morgan fingerprint density at radius 3 is 2.42 bits per heavy atom. The highest BCUT2D eigenvalue weighted by atomic mass is 16.4. The van der Waals surface area contributed by atoms with Crippen LogP contribution >= 0.6 is 0 Å². The van der Waals surface area contributed by atoms with E-state index in [1.807, 2.05) is 30.3 Å². The number of benzene rings is 1. The van der Waals surface area contributed by atoms with E-state index in [9.17, 15) is 9.59 Å². The minimum absolute atomic E-state index is 0.0865. The second kappa shape index (κ2) is 3.94. The van der Waals surface area contributed by atoms with Crippen LogP contribution in [0.15, 0.2) is 44.3 Å². The van der Waals surface area contributed by atoms with Gasteiger partial charge in [0.1, 0.15) is 0 Å². The lowest BCUT2D eigenvalue weighted by atomic mass is 10.2. The van der Waals surface area contributed by atoms with Crippen molar-refractivity contribution in [2.24, 2.45) is 14.1 Å². The highest BCUT2D eigenvalue weighted by Crippen LogP contribution is 2.20. The van der Waals surface area contributed by atoms with E-state index in [0.717, 1.165) is 10.1 Å². The van der Waals surface area contributed by atoms with Crippen molar-refractivity contribution in [1.29, 1.82) is 0 Å². The summed E-state index contributed by atoms with van der Waals surface area (Å²) in [7, 11) is 2.97. The maximum Gasteiger partial charge on any atom is 0.332 e. The van der Waals surface area contributed by atoms with Crippen molar-refractivity contribution in [2.45, 2.75) is 0 Å². The van der Waals surface area contributed by atoms with Gasteiger partial charge in [0.25, 0.3) is 0 Å². The van der Waals surface area contributed by atoms with Crippen LogP contribution in [0.25, 0.3) is 22.7 Å². The van der Waals surface area contributed by atoms with Gasteiger partial charge in [0.05, 0.1) is 0 Å². The van der Waals surface area contributed by atoms with E-state index >= 15 is 0 Å². The predicted molar refractivity (Wildman–Crippen MR) is 69.9 cm³/mol. The largest absolute Gasteiger partial charge is 0.429 e. The molecule has 0 saturated heterocycles. The Bertz CT molecular complexity index is 872. The third-order valence-electron chi connectivity index (χ3n) is 3.02. The molecule has 1 aromatic carbocycles. The fraction of sp³-hybridized carbons (Fsp3) is 0.154. The van der Waals surface area contributed by atoms with Crippen LogP contribution in [0.5, 0.6) is 0 Å². The highest BCUT2D eigenvalue weighted by Gasteiger charge is 2.16. The standard InChI is InChI=1S/C13H11N3O3/c1-15-10-9(12(17)16(2)13(15)18)19-11(14-10)8-6-4-3-5-7-8/h3-7H,1-2H3. The summed E-state index contributed by atoms with van der Waals surface area (Å²) >= 11 is 0. The van der Waals surface area contributed by atoms with E-state index in [1.54, 1.807) is 7.05 Å². The van der Waals surface area contributed by atoms with E-state index in [2.05, 4.69) is 4.98 Å². The molecule has 19 heavy (non-hydrogen) atoms. The van der Waals surface area contributed by atoms with Gasteiger partial charge in [-0.25, -0.2) is 4.79 Å². The first-order valence-corrected chi connectivity index (χ1v) is 5.71. The van der Waals surface area contributed by atoms with E-state index in [4.69, 9.17) is 4.42 Å². The molecule has 6 nitrogen and oxygen atoms in total.